The molecule has 4 nitrogen and oxygen atoms in total. The van der Waals surface area contributed by atoms with Gasteiger partial charge in [0.2, 0.25) is 10.0 Å². The first-order valence-corrected chi connectivity index (χ1v) is 9.08. The molecule has 106 valence electrons. The molecule has 1 saturated carbocycles. The van der Waals surface area contributed by atoms with E-state index in [4.69, 9.17) is 0 Å². The van der Waals surface area contributed by atoms with Crippen LogP contribution in [0.15, 0.2) is 29.2 Å². The second-order valence-corrected chi connectivity index (χ2v) is 7.58. The Morgan fingerprint density at radius 1 is 1.37 bits per heavy atom. The number of sulfonamides is 1. The first kappa shape index (κ1) is 14.8. The van der Waals surface area contributed by atoms with Crippen molar-refractivity contribution in [1.29, 1.82) is 0 Å². The van der Waals surface area contributed by atoms with Crippen LogP contribution in [0.25, 0.3) is 0 Å². The lowest BCUT2D eigenvalue weighted by molar-refractivity contribution is 0.278. The highest BCUT2D eigenvalue weighted by Crippen LogP contribution is 2.29. The third-order valence-electron chi connectivity index (χ3n) is 3.47. The number of benzene rings is 1. The van der Waals surface area contributed by atoms with Crippen LogP contribution in [0.3, 0.4) is 0 Å². The molecule has 0 bridgehead atoms. The van der Waals surface area contributed by atoms with Crippen molar-refractivity contribution in [1.82, 2.24) is 4.72 Å². The van der Waals surface area contributed by atoms with Crippen molar-refractivity contribution in [3.8, 4) is 0 Å². The van der Waals surface area contributed by atoms with E-state index in [9.17, 15) is 13.5 Å². The lowest BCUT2D eigenvalue weighted by atomic mass is 10.2. The summed E-state index contributed by atoms with van der Waals surface area (Å²) in [7, 11) is -3.54. The number of thioether (sulfide) groups is 1. The average molecular weight is 301 g/mol. The van der Waals surface area contributed by atoms with Crippen molar-refractivity contribution in [2.45, 2.75) is 42.1 Å². The summed E-state index contributed by atoms with van der Waals surface area (Å²) in [5.41, 5.74) is 0.439. The Labute approximate surface area is 118 Å². The predicted molar refractivity (Wildman–Crippen MR) is 77.6 cm³/mol. The maximum atomic E-state index is 12.3. The highest BCUT2D eigenvalue weighted by molar-refractivity contribution is 7.99. The summed E-state index contributed by atoms with van der Waals surface area (Å²) < 4.78 is 27.4. The molecule has 6 heteroatoms. The van der Waals surface area contributed by atoms with E-state index >= 15 is 0 Å². The van der Waals surface area contributed by atoms with Gasteiger partial charge in [-0.25, -0.2) is 13.1 Å². The van der Waals surface area contributed by atoms with Gasteiger partial charge in [0.1, 0.15) is 0 Å². The van der Waals surface area contributed by atoms with Gasteiger partial charge in [-0.3, -0.25) is 0 Å². The van der Waals surface area contributed by atoms with Gasteiger partial charge in [0.15, 0.2) is 0 Å². The normalized spacial score (nSPS) is 23.7. The Balaban J connectivity index is 2.15. The lowest BCUT2D eigenvalue weighted by Crippen LogP contribution is -2.33. The fraction of sp³-hybridized carbons (Fsp3) is 0.538. The minimum atomic E-state index is -3.54. The zero-order chi connectivity index (χ0) is 13.9. The van der Waals surface area contributed by atoms with Crippen LogP contribution in [0.1, 0.15) is 24.8 Å². The molecule has 2 unspecified atom stereocenters. The highest BCUT2D eigenvalue weighted by atomic mass is 32.2. The second-order valence-electron chi connectivity index (χ2n) is 4.75. The van der Waals surface area contributed by atoms with E-state index in [-0.39, 0.29) is 17.5 Å². The Morgan fingerprint density at radius 2 is 2.11 bits per heavy atom. The predicted octanol–water partition coefficient (Wildman–Crippen LogP) is 1.74. The SMILES string of the molecule is CSC1CCC(NS(=O)(=O)c2ccccc2CO)C1. The molecule has 19 heavy (non-hydrogen) atoms. The first-order chi connectivity index (χ1) is 9.06. The third kappa shape index (κ3) is 3.51. The molecule has 2 rings (SSSR count). The smallest absolute Gasteiger partial charge is 0.241 e. The molecule has 1 fully saturated rings. The molecule has 0 amide bonds. The van der Waals surface area contributed by atoms with Crippen molar-refractivity contribution in [2.75, 3.05) is 6.26 Å². The number of hydrogen-bond donors (Lipinski definition) is 2. The van der Waals surface area contributed by atoms with Crippen LogP contribution >= 0.6 is 11.8 Å². The summed E-state index contributed by atoms with van der Waals surface area (Å²) >= 11 is 1.79. The number of hydrogen-bond acceptors (Lipinski definition) is 4. The Hall–Kier alpha value is -0.560. The van der Waals surface area contributed by atoms with Crippen LogP contribution < -0.4 is 4.72 Å². The molecule has 1 aliphatic carbocycles. The van der Waals surface area contributed by atoms with Crippen LogP contribution in [-0.4, -0.2) is 31.1 Å². The van der Waals surface area contributed by atoms with Crippen LogP contribution in [-0.2, 0) is 16.6 Å². The van der Waals surface area contributed by atoms with E-state index in [1.54, 1.807) is 30.0 Å². The molecule has 1 aromatic carbocycles. The fourth-order valence-electron chi connectivity index (χ4n) is 2.44. The van der Waals surface area contributed by atoms with E-state index in [0.29, 0.717) is 10.8 Å². The largest absolute Gasteiger partial charge is 0.392 e. The molecular formula is C13H19NO3S2. The molecule has 0 saturated heterocycles. The van der Waals surface area contributed by atoms with E-state index < -0.39 is 10.0 Å². The van der Waals surface area contributed by atoms with Gasteiger partial charge >= 0.3 is 0 Å². The number of aliphatic hydroxyl groups excluding tert-OH is 1. The van der Waals surface area contributed by atoms with E-state index in [0.717, 1.165) is 19.3 Å². The molecule has 0 aliphatic heterocycles. The summed E-state index contributed by atoms with van der Waals surface area (Å²) in [6.45, 7) is -0.269. The van der Waals surface area contributed by atoms with E-state index in [2.05, 4.69) is 11.0 Å². The summed E-state index contributed by atoms with van der Waals surface area (Å²) in [6.07, 6.45) is 4.87. The molecule has 0 spiro atoms. The van der Waals surface area contributed by atoms with Crippen LogP contribution in [0.4, 0.5) is 0 Å². The standard InChI is InChI=1S/C13H19NO3S2/c1-18-12-7-6-11(8-12)14-19(16,17)13-5-3-2-4-10(13)9-15/h2-5,11-12,14-15H,6-9H2,1H3. The molecule has 2 N–H and O–H groups in total. The fourth-order valence-corrected chi connectivity index (χ4v) is 4.75. The van der Waals surface area contributed by atoms with Gasteiger partial charge in [-0.1, -0.05) is 18.2 Å². The van der Waals surface area contributed by atoms with Crippen molar-refractivity contribution in [2.24, 2.45) is 0 Å². The minimum absolute atomic E-state index is 0.00852. The Kier molecular flexibility index (Phi) is 4.89. The molecule has 0 aromatic heterocycles. The van der Waals surface area contributed by atoms with Gasteiger partial charge in [-0.15, -0.1) is 0 Å². The third-order valence-corrected chi connectivity index (χ3v) is 6.19. The maximum Gasteiger partial charge on any atom is 0.241 e. The van der Waals surface area contributed by atoms with Gasteiger partial charge in [-0.05, 0) is 37.1 Å². The zero-order valence-corrected chi connectivity index (χ0v) is 12.5. The van der Waals surface area contributed by atoms with Gasteiger partial charge in [0.05, 0.1) is 11.5 Å². The summed E-state index contributed by atoms with van der Waals surface area (Å²) in [5.74, 6) is 0. The topological polar surface area (TPSA) is 66.4 Å². The minimum Gasteiger partial charge on any atom is -0.392 e. The van der Waals surface area contributed by atoms with Crippen molar-refractivity contribution in [3.63, 3.8) is 0 Å². The quantitative estimate of drug-likeness (QED) is 0.869. The second kappa shape index (κ2) is 6.26. The van der Waals surface area contributed by atoms with Gasteiger partial charge in [0, 0.05) is 11.3 Å². The Morgan fingerprint density at radius 3 is 2.74 bits per heavy atom. The monoisotopic (exact) mass is 301 g/mol. The van der Waals surface area contributed by atoms with Gasteiger partial charge < -0.3 is 5.11 Å². The maximum absolute atomic E-state index is 12.3. The van der Waals surface area contributed by atoms with Crippen molar-refractivity contribution in [3.05, 3.63) is 29.8 Å². The van der Waals surface area contributed by atoms with Crippen LogP contribution in [0.5, 0.6) is 0 Å². The molecule has 0 radical (unpaired) electrons. The molecular weight excluding hydrogens is 282 g/mol. The number of nitrogens with one attached hydrogen (secondary N) is 1. The van der Waals surface area contributed by atoms with Gasteiger partial charge in [-0.2, -0.15) is 11.8 Å². The summed E-state index contributed by atoms with van der Waals surface area (Å²) in [4.78, 5) is 0.185. The molecule has 1 aromatic rings. The number of rotatable bonds is 5. The first-order valence-electron chi connectivity index (χ1n) is 6.30. The van der Waals surface area contributed by atoms with Crippen molar-refractivity contribution >= 4 is 21.8 Å². The Bertz CT molecular complexity index is 530. The van der Waals surface area contributed by atoms with E-state index in [1.165, 1.54) is 6.07 Å². The van der Waals surface area contributed by atoms with Crippen LogP contribution in [0, 0.1) is 0 Å². The van der Waals surface area contributed by atoms with E-state index in [1.807, 2.05) is 0 Å². The van der Waals surface area contributed by atoms with Gasteiger partial charge in [0.25, 0.3) is 0 Å². The number of aliphatic hydroxyl groups is 1. The van der Waals surface area contributed by atoms with Crippen molar-refractivity contribution < 1.29 is 13.5 Å². The molecule has 2 atom stereocenters. The average Bonchev–Trinajstić information content (AvgIpc) is 2.85. The molecule has 0 heterocycles. The summed E-state index contributed by atoms with van der Waals surface area (Å²) in [5, 5.41) is 9.77. The summed E-state index contributed by atoms with van der Waals surface area (Å²) in [6, 6.07) is 6.58. The highest BCUT2D eigenvalue weighted by Gasteiger charge is 2.29. The molecule has 1 aliphatic rings. The van der Waals surface area contributed by atoms with Crippen LogP contribution in [0.2, 0.25) is 0 Å². The lowest BCUT2D eigenvalue weighted by Gasteiger charge is -2.15. The zero-order valence-electron chi connectivity index (χ0n) is 10.9.